The zero-order chi connectivity index (χ0) is 15.8. The SMILES string of the molecule is COc1ccc(CCNCCc2ccc(O)cc2)cc1OC. The van der Waals surface area contributed by atoms with Gasteiger partial charge in [-0.15, -0.1) is 0 Å². The minimum absolute atomic E-state index is 0.310. The number of ether oxygens (including phenoxy) is 2. The maximum absolute atomic E-state index is 9.24. The zero-order valence-electron chi connectivity index (χ0n) is 13.1. The minimum atomic E-state index is 0.310. The molecule has 0 radical (unpaired) electrons. The van der Waals surface area contributed by atoms with Crippen LogP contribution < -0.4 is 14.8 Å². The number of hydrogen-bond donors (Lipinski definition) is 2. The summed E-state index contributed by atoms with van der Waals surface area (Å²) in [7, 11) is 3.29. The standard InChI is InChI=1S/C18H23NO3/c1-21-17-8-5-15(13-18(17)22-2)10-12-19-11-9-14-3-6-16(20)7-4-14/h3-8,13,19-20H,9-12H2,1-2H3. The lowest BCUT2D eigenvalue weighted by Crippen LogP contribution is -2.20. The molecule has 2 aromatic carbocycles. The average Bonchev–Trinajstić information content (AvgIpc) is 2.56. The highest BCUT2D eigenvalue weighted by atomic mass is 16.5. The van der Waals surface area contributed by atoms with E-state index in [-0.39, 0.29) is 0 Å². The van der Waals surface area contributed by atoms with Crippen molar-refractivity contribution in [1.82, 2.24) is 5.32 Å². The third-order valence-electron chi connectivity index (χ3n) is 3.57. The fraction of sp³-hybridized carbons (Fsp3) is 0.333. The Balaban J connectivity index is 1.73. The van der Waals surface area contributed by atoms with Gasteiger partial charge in [0, 0.05) is 0 Å². The second-order valence-corrected chi connectivity index (χ2v) is 5.11. The first-order chi connectivity index (χ1) is 10.7. The number of nitrogens with one attached hydrogen (secondary N) is 1. The quantitative estimate of drug-likeness (QED) is 0.736. The summed E-state index contributed by atoms with van der Waals surface area (Å²) in [6, 6.07) is 13.3. The van der Waals surface area contributed by atoms with E-state index in [1.807, 2.05) is 24.3 Å². The third-order valence-corrected chi connectivity index (χ3v) is 3.57. The lowest BCUT2D eigenvalue weighted by molar-refractivity contribution is 0.354. The van der Waals surface area contributed by atoms with Crippen LogP contribution in [0, 0.1) is 0 Å². The van der Waals surface area contributed by atoms with Gasteiger partial charge in [-0.25, -0.2) is 0 Å². The summed E-state index contributed by atoms with van der Waals surface area (Å²) in [6.45, 7) is 1.83. The number of rotatable bonds is 8. The third kappa shape index (κ3) is 4.67. The molecule has 0 amide bonds. The highest BCUT2D eigenvalue weighted by molar-refractivity contribution is 5.42. The molecule has 0 saturated carbocycles. The molecular weight excluding hydrogens is 278 g/mol. The van der Waals surface area contributed by atoms with Crippen LogP contribution in [0.25, 0.3) is 0 Å². The molecule has 0 aromatic heterocycles. The van der Waals surface area contributed by atoms with Crippen molar-refractivity contribution in [2.75, 3.05) is 27.3 Å². The Morgan fingerprint density at radius 3 is 2.05 bits per heavy atom. The molecule has 0 spiro atoms. The molecule has 22 heavy (non-hydrogen) atoms. The first-order valence-electron chi connectivity index (χ1n) is 7.42. The summed E-state index contributed by atoms with van der Waals surface area (Å²) in [5.74, 6) is 1.83. The summed E-state index contributed by atoms with van der Waals surface area (Å²) in [6.07, 6.45) is 1.89. The Kier molecular flexibility index (Phi) is 6.10. The van der Waals surface area contributed by atoms with Gasteiger partial charge in [0.05, 0.1) is 14.2 Å². The predicted octanol–water partition coefficient (Wildman–Crippen LogP) is 2.78. The van der Waals surface area contributed by atoms with Crippen LogP contribution in [-0.4, -0.2) is 32.4 Å². The molecule has 0 atom stereocenters. The summed E-state index contributed by atoms with van der Waals surface area (Å²) >= 11 is 0. The molecule has 0 heterocycles. The monoisotopic (exact) mass is 301 g/mol. The van der Waals surface area contributed by atoms with Crippen molar-refractivity contribution in [2.24, 2.45) is 0 Å². The Morgan fingerprint density at radius 1 is 0.818 bits per heavy atom. The second kappa shape index (κ2) is 8.29. The molecule has 0 bridgehead atoms. The number of hydrogen-bond acceptors (Lipinski definition) is 4. The van der Waals surface area contributed by atoms with E-state index in [0.717, 1.165) is 37.4 Å². The maximum Gasteiger partial charge on any atom is 0.160 e. The summed E-state index contributed by atoms with van der Waals surface area (Å²) in [5.41, 5.74) is 2.44. The van der Waals surface area contributed by atoms with E-state index in [9.17, 15) is 5.11 Å². The van der Waals surface area contributed by atoms with Gasteiger partial charge in [-0.2, -0.15) is 0 Å². The van der Waals surface area contributed by atoms with Crippen molar-refractivity contribution in [3.05, 3.63) is 53.6 Å². The molecule has 0 fully saturated rings. The van der Waals surface area contributed by atoms with Gasteiger partial charge in [0.1, 0.15) is 5.75 Å². The molecule has 0 aliphatic heterocycles. The van der Waals surface area contributed by atoms with Gasteiger partial charge in [0.25, 0.3) is 0 Å². The number of aromatic hydroxyl groups is 1. The first-order valence-corrected chi connectivity index (χ1v) is 7.42. The van der Waals surface area contributed by atoms with E-state index in [2.05, 4.69) is 11.4 Å². The molecular formula is C18H23NO3. The van der Waals surface area contributed by atoms with Crippen LogP contribution >= 0.6 is 0 Å². The Hall–Kier alpha value is -2.20. The van der Waals surface area contributed by atoms with E-state index < -0.39 is 0 Å². The Morgan fingerprint density at radius 2 is 1.41 bits per heavy atom. The molecule has 0 aliphatic carbocycles. The number of phenols is 1. The molecule has 4 nitrogen and oxygen atoms in total. The van der Waals surface area contributed by atoms with Gasteiger partial charge in [-0.3, -0.25) is 0 Å². The van der Waals surface area contributed by atoms with E-state index >= 15 is 0 Å². The van der Waals surface area contributed by atoms with Crippen molar-refractivity contribution < 1.29 is 14.6 Å². The van der Waals surface area contributed by atoms with Gasteiger partial charge in [-0.1, -0.05) is 18.2 Å². The van der Waals surface area contributed by atoms with Crippen LogP contribution in [0.5, 0.6) is 17.2 Å². The maximum atomic E-state index is 9.24. The molecule has 4 heteroatoms. The van der Waals surface area contributed by atoms with Crippen LogP contribution in [0.15, 0.2) is 42.5 Å². The van der Waals surface area contributed by atoms with Crippen LogP contribution in [0.4, 0.5) is 0 Å². The Bertz CT molecular complexity index is 581. The normalized spacial score (nSPS) is 10.5. The van der Waals surface area contributed by atoms with Crippen molar-refractivity contribution in [3.8, 4) is 17.2 Å². The molecule has 0 unspecified atom stereocenters. The first kappa shape index (κ1) is 16.2. The van der Waals surface area contributed by atoms with E-state index in [1.165, 1.54) is 11.1 Å². The van der Waals surface area contributed by atoms with Crippen LogP contribution in [0.2, 0.25) is 0 Å². The molecule has 2 N–H and O–H groups in total. The molecule has 2 aromatic rings. The lowest BCUT2D eigenvalue weighted by atomic mass is 10.1. The average molecular weight is 301 g/mol. The number of benzene rings is 2. The van der Waals surface area contributed by atoms with Gasteiger partial charge < -0.3 is 19.9 Å². The predicted molar refractivity (Wildman–Crippen MR) is 87.9 cm³/mol. The second-order valence-electron chi connectivity index (χ2n) is 5.11. The fourth-order valence-corrected chi connectivity index (χ4v) is 2.29. The Labute approximate surface area is 131 Å². The molecule has 118 valence electrons. The van der Waals surface area contributed by atoms with Crippen molar-refractivity contribution in [3.63, 3.8) is 0 Å². The topological polar surface area (TPSA) is 50.7 Å². The van der Waals surface area contributed by atoms with Gasteiger partial charge in [-0.05, 0) is 61.3 Å². The van der Waals surface area contributed by atoms with E-state index in [1.54, 1.807) is 26.4 Å². The summed E-state index contributed by atoms with van der Waals surface area (Å²) < 4.78 is 10.5. The smallest absolute Gasteiger partial charge is 0.160 e. The van der Waals surface area contributed by atoms with E-state index in [4.69, 9.17) is 9.47 Å². The van der Waals surface area contributed by atoms with Crippen LogP contribution in [0.1, 0.15) is 11.1 Å². The summed E-state index contributed by atoms with van der Waals surface area (Å²) in [4.78, 5) is 0. The largest absolute Gasteiger partial charge is 0.508 e. The van der Waals surface area contributed by atoms with Gasteiger partial charge in [0.15, 0.2) is 11.5 Å². The number of methoxy groups -OCH3 is 2. The number of phenolic OH excluding ortho intramolecular Hbond substituents is 1. The minimum Gasteiger partial charge on any atom is -0.508 e. The zero-order valence-corrected chi connectivity index (χ0v) is 13.1. The molecule has 0 aliphatic rings. The van der Waals surface area contributed by atoms with Crippen molar-refractivity contribution >= 4 is 0 Å². The van der Waals surface area contributed by atoms with Gasteiger partial charge in [0.2, 0.25) is 0 Å². The van der Waals surface area contributed by atoms with E-state index in [0.29, 0.717) is 5.75 Å². The van der Waals surface area contributed by atoms with Crippen LogP contribution in [0.3, 0.4) is 0 Å². The van der Waals surface area contributed by atoms with Crippen LogP contribution in [-0.2, 0) is 12.8 Å². The highest BCUT2D eigenvalue weighted by Gasteiger charge is 2.04. The fourth-order valence-electron chi connectivity index (χ4n) is 2.29. The summed E-state index contributed by atoms with van der Waals surface area (Å²) in [5, 5.41) is 12.7. The molecule has 0 saturated heterocycles. The molecule has 2 rings (SSSR count). The van der Waals surface area contributed by atoms with Gasteiger partial charge >= 0.3 is 0 Å². The highest BCUT2D eigenvalue weighted by Crippen LogP contribution is 2.27. The van der Waals surface area contributed by atoms with Crippen molar-refractivity contribution in [2.45, 2.75) is 12.8 Å². The van der Waals surface area contributed by atoms with Crippen molar-refractivity contribution in [1.29, 1.82) is 0 Å². The lowest BCUT2D eigenvalue weighted by Gasteiger charge is -2.10.